The molecule has 1 aliphatic rings. The maximum absolute atomic E-state index is 10.2. The molecule has 35 heavy (non-hydrogen) atoms. The molecule has 9 heteroatoms. The summed E-state index contributed by atoms with van der Waals surface area (Å²) < 4.78 is 0. The molecule has 0 saturated carbocycles. The summed E-state index contributed by atoms with van der Waals surface area (Å²) in [6, 6.07) is 7.73. The van der Waals surface area contributed by atoms with Crippen LogP contribution in [-0.2, 0) is 32.0 Å². The van der Waals surface area contributed by atoms with Gasteiger partial charge >= 0.3 is 22.4 Å². The van der Waals surface area contributed by atoms with Gasteiger partial charge in [-0.15, -0.1) is 25.3 Å². The second kappa shape index (κ2) is 30.5. The zero-order chi connectivity index (χ0) is 26.2. The average molecular weight is 574 g/mol. The van der Waals surface area contributed by atoms with E-state index in [0.29, 0.717) is 0 Å². The molecular weight excluding hydrogens is 525 g/mol. The zero-order valence-corrected chi connectivity index (χ0v) is 24.8. The number of likely N-dealkylation sites (N-methyl/N-ethyl adjacent to an activating group) is 2. The summed E-state index contributed by atoms with van der Waals surface area (Å²) in [6.07, 6.45) is 6.89. The summed E-state index contributed by atoms with van der Waals surface area (Å²) in [5.74, 6) is 0.275. The van der Waals surface area contributed by atoms with Gasteiger partial charge in [0.05, 0.1) is 24.7 Å². The van der Waals surface area contributed by atoms with Crippen LogP contribution in [0.1, 0.15) is 43.9 Å². The van der Waals surface area contributed by atoms with Gasteiger partial charge in [-0.3, -0.25) is 4.90 Å². The minimum Gasteiger partial charge on any atom is -0.400 e. The normalized spacial score (nSPS) is 15.5. The molecule has 1 aliphatic heterocycles. The maximum Gasteiger partial charge on any atom is 2.00 e. The molecule has 0 spiro atoms. The number of aliphatic hydroxyl groups is 2. The van der Waals surface area contributed by atoms with Crippen molar-refractivity contribution in [2.75, 3.05) is 41.4 Å². The third-order valence-electron chi connectivity index (χ3n) is 4.75. The van der Waals surface area contributed by atoms with Crippen LogP contribution in [0.3, 0.4) is 0 Å². The summed E-state index contributed by atoms with van der Waals surface area (Å²) >= 11 is 0. The van der Waals surface area contributed by atoms with Crippen molar-refractivity contribution >= 4 is 18.8 Å². The van der Waals surface area contributed by atoms with Crippen molar-refractivity contribution < 1.29 is 42.2 Å². The maximum atomic E-state index is 10.2. The first-order valence-corrected chi connectivity index (χ1v) is 10.9. The van der Waals surface area contributed by atoms with E-state index in [4.69, 9.17) is 15.9 Å². The summed E-state index contributed by atoms with van der Waals surface area (Å²) in [4.78, 5) is 25.9. The van der Waals surface area contributed by atoms with Crippen molar-refractivity contribution in [3.63, 3.8) is 0 Å². The third-order valence-corrected chi connectivity index (χ3v) is 4.75. The minimum atomic E-state index is -0.278. The van der Waals surface area contributed by atoms with Crippen molar-refractivity contribution in [2.24, 2.45) is 16.6 Å². The van der Waals surface area contributed by atoms with E-state index in [-0.39, 0.29) is 60.5 Å². The van der Waals surface area contributed by atoms with E-state index in [0.717, 1.165) is 43.8 Å². The van der Waals surface area contributed by atoms with E-state index in [1.165, 1.54) is 6.42 Å². The largest absolute Gasteiger partial charge is 2.00 e. The molecule has 3 unspecified atom stereocenters. The third kappa shape index (κ3) is 21.5. The average Bonchev–Trinajstić information content (AvgIpc) is 3.28. The Morgan fingerprint density at radius 3 is 2.00 bits per heavy atom. The Kier molecular flexibility index (Phi) is 38.0. The minimum absolute atomic E-state index is 0. The Morgan fingerprint density at radius 1 is 1.26 bits per heavy atom. The molecule has 5 N–H and O–H groups in total. The number of nitrogens with one attached hydrogen (secondary N) is 1. The quantitative estimate of drug-likeness (QED) is 0.129. The van der Waals surface area contributed by atoms with Crippen LogP contribution < -0.4 is 11.1 Å². The van der Waals surface area contributed by atoms with E-state index in [9.17, 15) is 9.59 Å². The molecular formula is C26H48N4NbO4. The molecule has 3 atom stereocenters. The fraction of sp³-hybridized carbons (Fsp3) is 0.538. The van der Waals surface area contributed by atoms with Gasteiger partial charge in [-0.1, -0.05) is 25.6 Å². The number of nitrogens with two attached hydrogens (primary N) is 1. The fourth-order valence-electron chi connectivity index (χ4n) is 2.55. The van der Waals surface area contributed by atoms with Gasteiger partial charge in [0, 0.05) is 14.2 Å². The Labute approximate surface area is 229 Å². The van der Waals surface area contributed by atoms with Crippen molar-refractivity contribution in [1.82, 2.24) is 10.2 Å². The van der Waals surface area contributed by atoms with Crippen LogP contribution in [0.25, 0.3) is 0 Å². The number of carbonyl (C=O) groups excluding carboxylic acids is 2. The molecule has 0 amide bonds. The number of likely N-dealkylation sites (tertiary alicyclic amines) is 1. The van der Waals surface area contributed by atoms with Gasteiger partial charge in [0.25, 0.3) is 0 Å². The molecule has 8 nitrogen and oxygen atoms in total. The first-order chi connectivity index (χ1) is 15.8. The van der Waals surface area contributed by atoms with Crippen LogP contribution in [0.4, 0.5) is 0 Å². The summed E-state index contributed by atoms with van der Waals surface area (Å²) in [6.45, 7) is 11.0. The zero-order valence-electron chi connectivity index (χ0n) is 22.6. The van der Waals surface area contributed by atoms with Gasteiger partial charge in [0.15, 0.2) is 0 Å². The van der Waals surface area contributed by atoms with Crippen LogP contribution in [0.15, 0.2) is 42.4 Å². The predicted molar refractivity (Wildman–Crippen MR) is 144 cm³/mol. The fourth-order valence-corrected chi connectivity index (χ4v) is 2.55. The second-order valence-electron chi connectivity index (χ2n) is 7.26. The van der Waals surface area contributed by atoms with Gasteiger partial charge in [-0.25, -0.2) is 0 Å². The molecule has 1 fully saturated rings. The van der Waals surface area contributed by atoms with E-state index >= 15 is 0 Å². The molecule has 1 aromatic rings. The first kappa shape index (κ1) is 43.6. The van der Waals surface area contributed by atoms with Gasteiger partial charge in [0.1, 0.15) is 12.6 Å². The van der Waals surface area contributed by atoms with E-state index in [1.54, 1.807) is 7.05 Å². The molecule has 1 heterocycles. The number of hydrogen-bond acceptors (Lipinski definition) is 8. The smallest absolute Gasteiger partial charge is 0.400 e. The number of aldehydes is 2. The summed E-state index contributed by atoms with van der Waals surface area (Å²) in [5.41, 5.74) is 7.26. The number of benzene rings is 1. The van der Waals surface area contributed by atoms with Crippen LogP contribution in [0, 0.1) is 13.3 Å². The van der Waals surface area contributed by atoms with E-state index in [2.05, 4.69) is 34.6 Å². The van der Waals surface area contributed by atoms with Crippen molar-refractivity contribution in [3.05, 3.63) is 56.0 Å². The van der Waals surface area contributed by atoms with Crippen molar-refractivity contribution in [3.8, 4) is 0 Å². The number of hydrogen-bond donors (Lipinski definition) is 4. The molecule has 1 saturated heterocycles. The van der Waals surface area contributed by atoms with Gasteiger partial charge < -0.3 is 43.3 Å². The molecule has 201 valence electrons. The number of aliphatic imine (C=N–C) groups is 1. The van der Waals surface area contributed by atoms with Gasteiger partial charge in [-0.05, 0) is 39.4 Å². The van der Waals surface area contributed by atoms with E-state index < -0.39 is 0 Å². The number of carbonyl (C=O) groups is 2. The van der Waals surface area contributed by atoms with Crippen LogP contribution in [-0.4, -0.2) is 87.4 Å². The molecule has 2 rings (SSSR count). The standard InChI is InChI=1S/C11H15N2O.C6H11NO.C5H11NO.C2H4.CH4O.CH3.Nb/c1-12-7-9-3-5-10(6-4-9)11(8-14)13-2;1-7-4-2-3-6(7)5-8;1-4(2)5(6)3-7;2*1-2;;/h3-6,11,13-14H,8H2,1-2H3;5-6H,2-4H2,1H3;3-5H,6H2,1-2H3;1-2H2;2H,1H3;1H3;/q-1;;;;;-1;+2. The van der Waals surface area contributed by atoms with Crippen molar-refractivity contribution in [1.29, 1.82) is 0 Å². The molecule has 0 bridgehead atoms. The SMILES string of the molecule is C=C.CC(C)C(N)C=O.CN1CCCC1C=O.CN=[C-]c1ccc(C(CO)NC)cc1.CO.[CH3-].[Nb+2]. The van der Waals surface area contributed by atoms with Gasteiger partial charge in [0.2, 0.25) is 0 Å². The summed E-state index contributed by atoms with van der Waals surface area (Å²) in [5, 5.41) is 19.1. The topological polar surface area (TPSA) is 128 Å². The Hall–Kier alpha value is -1.49. The molecule has 1 aromatic carbocycles. The van der Waals surface area contributed by atoms with Crippen LogP contribution >= 0.6 is 0 Å². The monoisotopic (exact) mass is 573 g/mol. The Bertz CT molecular complexity index is 612. The molecule has 1 radical (unpaired) electrons. The molecule has 0 aliphatic carbocycles. The van der Waals surface area contributed by atoms with Crippen molar-refractivity contribution in [2.45, 2.75) is 44.8 Å². The van der Waals surface area contributed by atoms with E-state index in [1.807, 2.05) is 52.2 Å². The second-order valence-corrected chi connectivity index (χ2v) is 7.26. The van der Waals surface area contributed by atoms with Gasteiger partial charge in [-0.2, -0.15) is 17.7 Å². The number of nitrogens with zero attached hydrogens (tertiary/aromatic N) is 2. The number of rotatable bonds is 7. The van der Waals surface area contributed by atoms with Crippen LogP contribution in [0.2, 0.25) is 0 Å². The Morgan fingerprint density at radius 2 is 1.77 bits per heavy atom. The predicted octanol–water partition coefficient (Wildman–Crippen LogP) is 2.17. The number of aliphatic hydroxyl groups excluding tert-OH is 2. The summed E-state index contributed by atoms with van der Waals surface area (Å²) in [7, 11) is 6.51. The Balaban J connectivity index is -0.000000124. The first-order valence-electron chi connectivity index (χ1n) is 10.9. The molecule has 0 aromatic heterocycles. The van der Waals surface area contributed by atoms with Crippen LogP contribution in [0.5, 0.6) is 0 Å².